The highest BCUT2D eigenvalue weighted by atomic mass is 16.5. The number of aromatic nitrogens is 1. The fraction of sp³-hybridized carbons (Fsp3) is 0.474. The summed E-state index contributed by atoms with van der Waals surface area (Å²) in [6.07, 6.45) is 4.74. The van der Waals surface area contributed by atoms with Gasteiger partial charge in [0.05, 0.1) is 29.8 Å². The van der Waals surface area contributed by atoms with Crippen LogP contribution < -0.4 is 0 Å². The van der Waals surface area contributed by atoms with Crippen LogP contribution in [0.25, 0.3) is 10.9 Å². The number of pyridine rings is 1. The first-order valence-corrected chi connectivity index (χ1v) is 8.53. The highest BCUT2D eigenvalue weighted by Gasteiger charge is 2.37. The molecule has 1 aromatic carbocycles. The van der Waals surface area contributed by atoms with Gasteiger partial charge in [-0.05, 0) is 31.9 Å². The molecule has 23 heavy (non-hydrogen) atoms. The van der Waals surface area contributed by atoms with Gasteiger partial charge in [-0.25, -0.2) is 0 Å². The second-order valence-electron chi connectivity index (χ2n) is 6.59. The summed E-state index contributed by atoms with van der Waals surface area (Å²) < 4.78 is 5.90. The Balaban J connectivity index is 1.74. The molecule has 120 valence electrons. The average molecular weight is 310 g/mol. The standard InChI is InChI=1S/C19H22N2O2/c1-13-12-15(14-6-2-3-7-16(14)20-13)19(22)21-10-11-23-18-9-5-4-8-17(18)21/h2-3,6-7,12,17-18H,4-5,8-11H2,1H3/t17-,18+/m0/s1. The Morgan fingerprint density at radius 3 is 3.00 bits per heavy atom. The van der Waals surface area contributed by atoms with Gasteiger partial charge in [0.25, 0.3) is 5.91 Å². The van der Waals surface area contributed by atoms with Crippen molar-refractivity contribution in [3.05, 3.63) is 41.6 Å². The minimum atomic E-state index is 0.131. The van der Waals surface area contributed by atoms with Crippen molar-refractivity contribution in [1.29, 1.82) is 0 Å². The molecule has 2 aromatic rings. The maximum absolute atomic E-state index is 13.3. The topological polar surface area (TPSA) is 42.4 Å². The van der Waals surface area contributed by atoms with Gasteiger partial charge in [0.15, 0.2) is 0 Å². The van der Waals surface area contributed by atoms with Gasteiger partial charge < -0.3 is 9.64 Å². The maximum atomic E-state index is 13.3. The van der Waals surface area contributed by atoms with Crippen LogP contribution in [0.15, 0.2) is 30.3 Å². The zero-order valence-corrected chi connectivity index (χ0v) is 13.5. The van der Waals surface area contributed by atoms with E-state index in [0.29, 0.717) is 13.2 Å². The second-order valence-corrected chi connectivity index (χ2v) is 6.59. The third-order valence-electron chi connectivity index (χ3n) is 5.07. The van der Waals surface area contributed by atoms with Crippen LogP contribution in [0.1, 0.15) is 41.7 Å². The molecule has 2 heterocycles. The number of nitrogens with zero attached hydrogens (tertiary/aromatic N) is 2. The molecule has 1 aliphatic heterocycles. The molecule has 0 radical (unpaired) electrons. The van der Waals surface area contributed by atoms with E-state index >= 15 is 0 Å². The van der Waals surface area contributed by atoms with Crippen molar-refractivity contribution < 1.29 is 9.53 Å². The average Bonchev–Trinajstić information content (AvgIpc) is 2.60. The summed E-state index contributed by atoms with van der Waals surface area (Å²) in [5, 5.41) is 0.946. The van der Waals surface area contributed by atoms with Crippen LogP contribution in [0.3, 0.4) is 0 Å². The molecule has 2 fully saturated rings. The van der Waals surface area contributed by atoms with Crippen LogP contribution in [0.4, 0.5) is 0 Å². The van der Waals surface area contributed by atoms with Gasteiger partial charge in [0.2, 0.25) is 0 Å². The summed E-state index contributed by atoms with van der Waals surface area (Å²) in [5.74, 6) is 0.131. The van der Waals surface area contributed by atoms with Gasteiger partial charge in [-0.3, -0.25) is 9.78 Å². The van der Waals surface area contributed by atoms with Crippen molar-refractivity contribution in [2.75, 3.05) is 13.2 Å². The van der Waals surface area contributed by atoms with Crippen molar-refractivity contribution in [3.63, 3.8) is 0 Å². The third-order valence-corrected chi connectivity index (χ3v) is 5.07. The maximum Gasteiger partial charge on any atom is 0.255 e. The lowest BCUT2D eigenvalue weighted by Gasteiger charge is -2.43. The van der Waals surface area contributed by atoms with E-state index in [9.17, 15) is 4.79 Å². The predicted octanol–water partition coefficient (Wildman–Crippen LogP) is 3.33. The Morgan fingerprint density at radius 2 is 2.09 bits per heavy atom. The highest BCUT2D eigenvalue weighted by molar-refractivity contribution is 6.06. The zero-order chi connectivity index (χ0) is 15.8. The molecule has 0 N–H and O–H groups in total. The Morgan fingerprint density at radius 1 is 1.26 bits per heavy atom. The lowest BCUT2D eigenvalue weighted by atomic mass is 9.89. The van der Waals surface area contributed by atoms with Gasteiger partial charge in [0, 0.05) is 17.6 Å². The van der Waals surface area contributed by atoms with E-state index in [1.54, 1.807) is 0 Å². The van der Waals surface area contributed by atoms with Crippen molar-refractivity contribution in [1.82, 2.24) is 9.88 Å². The van der Waals surface area contributed by atoms with E-state index in [-0.39, 0.29) is 18.1 Å². The normalized spacial score (nSPS) is 24.5. The van der Waals surface area contributed by atoms with E-state index in [0.717, 1.165) is 35.0 Å². The first-order valence-electron chi connectivity index (χ1n) is 8.53. The lowest BCUT2D eigenvalue weighted by Crippen LogP contribution is -2.54. The molecule has 0 unspecified atom stereocenters. The number of hydrogen-bond donors (Lipinski definition) is 0. The van der Waals surface area contributed by atoms with Crippen LogP contribution in [-0.4, -0.2) is 41.1 Å². The number of carbonyl (C=O) groups is 1. The monoisotopic (exact) mass is 310 g/mol. The molecular weight excluding hydrogens is 288 g/mol. The Bertz CT molecular complexity index is 741. The Kier molecular flexibility index (Phi) is 3.77. The fourth-order valence-corrected chi connectivity index (χ4v) is 3.99. The van der Waals surface area contributed by atoms with E-state index in [4.69, 9.17) is 4.74 Å². The summed E-state index contributed by atoms with van der Waals surface area (Å²) in [7, 11) is 0. The molecule has 1 saturated carbocycles. The number of morpholine rings is 1. The fourth-order valence-electron chi connectivity index (χ4n) is 3.99. The number of amides is 1. The van der Waals surface area contributed by atoms with Crippen molar-refractivity contribution in [2.45, 2.75) is 44.8 Å². The minimum Gasteiger partial charge on any atom is -0.374 e. The van der Waals surface area contributed by atoms with E-state index in [1.807, 2.05) is 37.3 Å². The number of hydrogen-bond acceptors (Lipinski definition) is 3. The first-order chi connectivity index (χ1) is 11.2. The van der Waals surface area contributed by atoms with Crippen molar-refractivity contribution in [3.8, 4) is 0 Å². The number of rotatable bonds is 1. The molecule has 0 spiro atoms. The van der Waals surface area contributed by atoms with Crippen LogP contribution in [-0.2, 0) is 4.74 Å². The molecule has 4 rings (SSSR count). The molecule has 4 nitrogen and oxygen atoms in total. The highest BCUT2D eigenvalue weighted by Crippen LogP contribution is 2.30. The van der Waals surface area contributed by atoms with Gasteiger partial charge in [-0.15, -0.1) is 0 Å². The number of aryl methyl sites for hydroxylation is 1. The molecule has 1 aliphatic carbocycles. The molecule has 2 aliphatic rings. The van der Waals surface area contributed by atoms with Crippen LogP contribution in [0, 0.1) is 6.92 Å². The van der Waals surface area contributed by atoms with Crippen molar-refractivity contribution >= 4 is 16.8 Å². The molecule has 1 amide bonds. The minimum absolute atomic E-state index is 0.131. The zero-order valence-electron chi connectivity index (χ0n) is 13.5. The third kappa shape index (κ3) is 2.61. The summed E-state index contributed by atoms with van der Waals surface area (Å²) in [6, 6.07) is 10.1. The lowest BCUT2D eigenvalue weighted by molar-refractivity contribution is -0.0752. The second kappa shape index (κ2) is 5.93. The van der Waals surface area contributed by atoms with Gasteiger partial charge in [-0.1, -0.05) is 31.0 Å². The van der Waals surface area contributed by atoms with Crippen LogP contribution >= 0.6 is 0 Å². The van der Waals surface area contributed by atoms with Gasteiger partial charge in [-0.2, -0.15) is 0 Å². The first kappa shape index (κ1) is 14.6. The van der Waals surface area contributed by atoms with E-state index in [1.165, 1.54) is 12.8 Å². The van der Waals surface area contributed by atoms with E-state index in [2.05, 4.69) is 9.88 Å². The van der Waals surface area contributed by atoms with Crippen LogP contribution in [0.2, 0.25) is 0 Å². The van der Waals surface area contributed by atoms with Gasteiger partial charge >= 0.3 is 0 Å². The predicted molar refractivity (Wildman–Crippen MR) is 89.5 cm³/mol. The number of benzene rings is 1. The molecule has 2 atom stereocenters. The molecular formula is C19H22N2O2. The Hall–Kier alpha value is -1.94. The van der Waals surface area contributed by atoms with Crippen molar-refractivity contribution in [2.24, 2.45) is 0 Å². The largest absolute Gasteiger partial charge is 0.374 e. The summed E-state index contributed by atoms with van der Waals surface area (Å²) in [4.78, 5) is 19.9. The summed E-state index contributed by atoms with van der Waals surface area (Å²) in [6.45, 7) is 3.29. The number of para-hydroxylation sites is 1. The summed E-state index contributed by atoms with van der Waals surface area (Å²) in [5.41, 5.74) is 2.56. The van der Waals surface area contributed by atoms with E-state index < -0.39 is 0 Å². The molecule has 1 aromatic heterocycles. The number of carbonyl (C=O) groups excluding carboxylic acids is 1. The number of fused-ring (bicyclic) bond motifs is 2. The molecule has 0 bridgehead atoms. The SMILES string of the molecule is Cc1cc(C(=O)N2CCO[C@@H]3CCCC[C@@H]32)c2ccccc2n1. The number of ether oxygens (including phenoxy) is 1. The molecule has 1 saturated heterocycles. The summed E-state index contributed by atoms with van der Waals surface area (Å²) >= 11 is 0. The molecule has 4 heteroatoms. The van der Waals surface area contributed by atoms with Gasteiger partial charge in [0.1, 0.15) is 0 Å². The smallest absolute Gasteiger partial charge is 0.255 e. The Labute approximate surface area is 136 Å². The van der Waals surface area contributed by atoms with Crippen LogP contribution in [0.5, 0.6) is 0 Å². The quantitative estimate of drug-likeness (QED) is 0.811.